The first-order valence-electron chi connectivity index (χ1n) is 3.44. The second-order valence-corrected chi connectivity index (χ2v) is 7.55. The molecule has 0 saturated carbocycles. The Morgan fingerprint density at radius 2 is 1.67 bits per heavy atom. The topological polar surface area (TPSA) is 0 Å². The molecule has 0 aliphatic rings. The maximum absolute atomic E-state index is 4.35. The van der Waals surface area contributed by atoms with Crippen LogP contribution in [0.25, 0.3) is 0 Å². The van der Waals surface area contributed by atoms with Crippen LogP contribution in [0.5, 0.6) is 0 Å². The van der Waals surface area contributed by atoms with E-state index >= 15 is 0 Å². The van der Waals surface area contributed by atoms with E-state index in [0.29, 0.717) is 5.25 Å². The van der Waals surface area contributed by atoms with E-state index in [9.17, 15) is 0 Å². The van der Waals surface area contributed by atoms with E-state index in [2.05, 4.69) is 37.9 Å². The van der Waals surface area contributed by atoms with Gasteiger partial charge in [-0.3, -0.25) is 0 Å². The summed E-state index contributed by atoms with van der Waals surface area (Å²) in [6, 6.07) is 0. The van der Waals surface area contributed by atoms with Crippen LogP contribution in [0.1, 0.15) is 0 Å². The standard InChI is InChI=1S/C6H14S6/c7-1-6(9)2-10-4-12-5-11-3-8/h6-9H,1-5H2. The molecule has 0 radical (unpaired) electrons. The molecule has 0 aliphatic heterocycles. The van der Waals surface area contributed by atoms with Crippen LogP contribution in [-0.2, 0) is 0 Å². The van der Waals surface area contributed by atoms with Gasteiger partial charge in [0.1, 0.15) is 0 Å². The highest BCUT2D eigenvalue weighted by Gasteiger charge is 1.99. The first kappa shape index (κ1) is 14.1. The third-order valence-electron chi connectivity index (χ3n) is 0.946. The summed E-state index contributed by atoms with van der Waals surface area (Å²) in [5, 5.41) is 3.67. The van der Waals surface area contributed by atoms with E-state index in [4.69, 9.17) is 0 Å². The lowest BCUT2D eigenvalue weighted by Gasteiger charge is -2.05. The van der Waals surface area contributed by atoms with E-state index in [1.807, 2.05) is 35.3 Å². The summed E-state index contributed by atoms with van der Waals surface area (Å²) in [5.41, 5.74) is 0. The fourth-order valence-electron chi connectivity index (χ4n) is 0.426. The van der Waals surface area contributed by atoms with Gasteiger partial charge in [0.2, 0.25) is 0 Å². The predicted molar refractivity (Wildman–Crippen MR) is 77.9 cm³/mol. The SMILES string of the molecule is SCSCSCSCC(S)CS. The summed E-state index contributed by atoms with van der Waals surface area (Å²) in [6.07, 6.45) is 0. The van der Waals surface area contributed by atoms with E-state index in [1.54, 1.807) is 0 Å². The fourth-order valence-corrected chi connectivity index (χ4v) is 4.62. The van der Waals surface area contributed by atoms with E-state index < -0.39 is 0 Å². The van der Waals surface area contributed by atoms with Crippen LogP contribution in [0, 0.1) is 0 Å². The van der Waals surface area contributed by atoms with Gasteiger partial charge in [-0.25, -0.2) is 0 Å². The lowest BCUT2D eigenvalue weighted by Crippen LogP contribution is -2.03. The van der Waals surface area contributed by atoms with Crippen molar-refractivity contribution in [1.82, 2.24) is 0 Å². The number of thiol groups is 3. The number of hydrogen-bond donors (Lipinski definition) is 3. The van der Waals surface area contributed by atoms with Crippen LogP contribution < -0.4 is 0 Å². The summed E-state index contributed by atoms with van der Waals surface area (Å²) in [5.74, 6) is 1.97. The Morgan fingerprint density at radius 3 is 2.25 bits per heavy atom. The molecule has 1 atom stereocenters. The molecule has 0 aromatic heterocycles. The summed E-state index contributed by atoms with van der Waals surface area (Å²) in [6.45, 7) is 0. The van der Waals surface area contributed by atoms with Gasteiger partial charge in [-0.1, -0.05) is 0 Å². The molecule has 0 aliphatic carbocycles. The second kappa shape index (κ2) is 11.2. The number of rotatable bonds is 8. The molecule has 0 N–H and O–H groups in total. The molecule has 12 heavy (non-hydrogen) atoms. The molecule has 0 bridgehead atoms. The maximum atomic E-state index is 4.35. The molecule has 74 valence electrons. The van der Waals surface area contributed by atoms with Crippen molar-refractivity contribution in [3.63, 3.8) is 0 Å². The molecule has 1 unspecified atom stereocenters. The van der Waals surface area contributed by atoms with Gasteiger partial charge < -0.3 is 0 Å². The summed E-state index contributed by atoms with van der Waals surface area (Å²) in [4.78, 5) is 0. The van der Waals surface area contributed by atoms with Crippen LogP contribution in [0.2, 0.25) is 0 Å². The first-order valence-corrected chi connectivity index (χ1v) is 8.68. The maximum Gasteiger partial charge on any atom is 0.0408 e. The summed E-state index contributed by atoms with van der Waals surface area (Å²) in [7, 11) is 0. The van der Waals surface area contributed by atoms with Crippen LogP contribution in [0.4, 0.5) is 0 Å². The van der Waals surface area contributed by atoms with Crippen LogP contribution >= 0.6 is 73.2 Å². The molecule has 0 fully saturated rings. The van der Waals surface area contributed by atoms with E-state index in [1.165, 1.54) is 0 Å². The molecule has 0 spiro atoms. The zero-order valence-electron chi connectivity index (χ0n) is 6.68. The van der Waals surface area contributed by atoms with Crippen LogP contribution in [-0.4, -0.2) is 32.0 Å². The van der Waals surface area contributed by atoms with E-state index in [0.717, 1.165) is 26.8 Å². The Hall–Kier alpha value is 2.10. The fraction of sp³-hybridized carbons (Fsp3) is 1.00. The Bertz CT molecular complexity index is 88.1. The Labute approximate surface area is 104 Å². The Balaban J connectivity index is 2.90. The average molecular weight is 279 g/mol. The third kappa shape index (κ3) is 10.2. The van der Waals surface area contributed by atoms with Crippen molar-refractivity contribution in [2.75, 3.05) is 26.8 Å². The van der Waals surface area contributed by atoms with Gasteiger partial charge in [0, 0.05) is 32.0 Å². The van der Waals surface area contributed by atoms with Crippen molar-refractivity contribution in [3.05, 3.63) is 0 Å². The molecule has 0 amide bonds. The smallest absolute Gasteiger partial charge is 0.0408 e. The minimum atomic E-state index is 0.441. The molecule has 0 aromatic carbocycles. The summed E-state index contributed by atoms with van der Waals surface area (Å²) < 4.78 is 0. The molecular weight excluding hydrogens is 264 g/mol. The van der Waals surface area contributed by atoms with Gasteiger partial charge in [0.25, 0.3) is 0 Å². The number of thioether (sulfide) groups is 3. The minimum absolute atomic E-state index is 0.441. The summed E-state index contributed by atoms with van der Waals surface area (Å²) >= 11 is 18.4. The normalized spacial score (nSPS) is 13.2. The Morgan fingerprint density at radius 1 is 1.00 bits per heavy atom. The van der Waals surface area contributed by atoms with Crippen molar-refractivity contribution in [2.24, 2.45) is 0 Å². The zero-order valence-corrected chi connectivity index (χ0v) is 11.8. The highest BCUT2D eigenvalue weighted by molar-refractivity contribution is 8.24. The van der Waals surface area contributed by atoms with Gasteiger partial charge in [-0.05, 0) is 0 Å². The predicted octanol–water partition coefficient (Wildman–Crippen LogP) is 3.22. The quantitative estimate of drug-likeness (QED) is 0.355. The van der Waals surface area contributed by atoms with Crippen molar-refractivity contribution < 1.29 is 0 Å². The zero-order chi connectivity index (χ0) is 9.23. The molecule has 0 heterocycles. The molecule has 0 saturated heterocycles. The second-order valence-electron chi connectivity index (χ2n) is 1.98. The van der Waals surface area contributed by atoms with Gasteiger partial charge in [-0.15, -0.1) is 35.3 Å². The van der Waals surface area contributed by atoms with E-state index in [-0.39, 0.29) is 0 Å². The van der Waals surface area contributed by atoms with Crippen molar-refractivity contribution in [3.8, 4) is 0 Å². The monoisotopic (exact) mass is 278 g/mol. The largest absolute Gasteiger partial charge is 0.178 e. The molecule has 0 aromatic rings. The lowest BCUT2D eigenvalue weighted by molar-refractivity contribution is 1.17. The molecular formula is C6H14S6. The highest BCUT2D eigenvalue weighted by atomic mass is 32.2. The lowest BCUT2D eigenvalue weighted by atomic mass is 10.6. The van der Waals surface area contributed by atoms with Gasteiger partial charge in [-0.2, -0.15) is 37.9 Å². The van der Waals surface area contributed by atoms with Crippen LogP contribution in [0.15, 0.2) is 0 Å². The molecule has 0 rings (SSSR count). The number of hydrogen-bond acceptors (Lipinski definition) is 6. The van der Waals surface area contributed by atoms with Crippen molar-refractivity contribution in [1.29, 1.82) is 0 Å². The first-order chi connectivity index (χ1) is 5.81. The highest BCUT2D eigenvalue weighted by Crippen LogP contribution is 2.19. The van der Waals surface area contributed by atoms with Crippen molar-refractivity contribution >= 4 is 73.2 Å². The van der Waals surface area contributed by atoms with Crippen LogP contribution in [0.3, 0.4) is 0 Å². The molecule has 0 nitrogen and oxygen atoms in total. The van der Waals surface area contributed by atoms with Gasteiger partial charge in [0.05, 0.1) is 0 Å². The van der Waals surface area contributed by atoms with Crippen molar-refractivity contribution in [2.45, 2.75) is 5.25 Å². The third-order valence-corrected chi connectivity index (χ3v) is 6.32. The average Bonchev–Trinajstić information content (AvgIpc) is 2.10. The van der Waals surface area contributed by atoms with Gasteiger partial charge in [0.15, 0.2) is 0 Å². The van der Waals surface area contributed by atoms with Gasteiger partial charge >= 0.3 is 0 Å². The Kier molecular flexibility index (Phi) is 13.1. The minimum Gasteiger partial charge on any atom is -0.178 e. The molecule has 6 heteroatoms.